The number of hydrogen-bond donors (Lipinski definition) is 1. The van der Waals surface area contributed by atoms with E-state index in [9.17, 15) is 9.59 Å². The number of ether oxygens (including phenoxy) is 1. The molecule has 0 aliphatic heterocycles. The van der Waals surface area contributed by atoms with Crippen molar-refractivity contribution in [2.75, 3.05) is 25.5 Å². The van der Waals surface area contributed by atoms with E-state index in [-0.39, 0.29) is 24.8 Å². The maximum atomic E-state index is 12.8. The van der Waals surface area contributed by atoms with Crippen molar-refractivity contribution in [3.05, 3.63) is 40.9 Å². The molecule has 0 unspecified atom stereocenters. The normalized spacial score (nSPS) is 10.5. The van der Waals surface area contributed by atoms with Crippen LogP contribution in [0, 0.1) is 6.92 Å². The number of anilines is 1. The Morgan fingerprint density at radius 1 is 1.22 bits per heavy atom. The number of unbranched alkanes of at least 4 members (excludes halogenated alkanes) is 2. The van der Waals surface area contributed by atoms with Crippen LogP contribution in [0.15, 0.2) is 29.6 Å². The first-order valence-electron chi connectivity index (χ1n) is 9.14. The van der Waals surface area contributed by atoms with Crippen LogP contribution in [0.3, 0.4) is 0 Å². The molecule has 2 rings (SSSR count). The van der Waals surface area contributed by atoms with Gasteiger partial charge in [0.15, 0.2) is 5.13 Å². The number of aromatic nitrogens is 1. The fourth-order valence-electron chi connectivity index (χ4n) is 2.62. The van der Waals surface area contributed by atoms with Crippen LogP contribution in [-0.2, 0) is 16.0 Å². The van der Waals surface area contributed by atoms with Crippen LogP contribution in [0.2, 0.25) is 0 Å². The van der Waals surface area contributed by atoms with Gasteiger partial charge in [0.25, 0.3) is 0 Å². The number of rotatable bonds is 10. The summed E-state index contributed by atoms with van der Waals surface area (Å²) < 4.78 is 5.14. The molecule has 0 saturated carbocycles. The molecule has 7 heteroatoms. The minimum atomic E-state index is -0.219. The highest BCUT2D eigenvalue weighted by Crippen LogP contribution is 2.15. The predicted molar refractivity (Wildman–Crippen MR) is 108 cm³/mol. The molecule has 1 heterocycles. The fraction of sp³-hybridized carbons (Fsp3) is 0.450. The van der Waals surface area contributed by atoms with E-state index in [1.807, 2.05) is 36.6 Å². The first-order valence-corrected chi connectivity index (χ1v) is 10.0. The second-order valence-corrected chi connectivity index (χ2v) is 7.25. The first-order chi connectivity index (χ1) is 13.0. The SMILES string of the molecule is CCCCCN(CC(=O)Nc1nc(C)cs1)C(=O)Cc1ccc(OC)cc1. The van der Waals surface area contributed by atoms with Gasteiger partial charge in [0.2, 0.25) is 11.8 Å². The summed E-state index contributed by atoms with van der Waals surface area (Å²) in [6.45, 7) is 4.60. The van der Waals surface area contributed by atoms with Gasteiger partial charge in [-0.05, 0) is 31.0 Å². The van der Waals surface area contributed by atoms with Crippen molar-refractivity contribution in [3.8, 4) is 5.75 Å². The molecule has 2 amide bonds. The number of thiazole rings is 1. The Labute approximate surface area is 164 Å². The fourth-order valence-corrected chi connectivity index (χ4v) is 3.32. The zero-order valence-corrected chi connectivity index (χ0v) is 17.0. The summed E-state index contributed by atoms with van der Waals surface area (Å²) in [5.41, 5.74) is 1.77. The predicted octanol–water partition coefficient (Wildman–Crippen LogP) is 3.66. The van der Waals surface area contributed by atoms with Crippen LogP contribution in [0.5, 0.6) is 5.75 Å². The summed E-state index contributed by atoms with van der Waals surface area (Å²) in [4.78, 5) is 31.0. The van der Waals surface area contributed by atoms with Gasteiger partial charge in [0.05, 0.1) is 25.8 Å². The third-order valence-corrected chi connectivity index (χ3v) is 4.97. The van der Waals surface area contributed by atoms with Gasteiger partial charge in [-0.3, -0.25) is 9.59 Å². The lowest BCUT2D eigenvalue weighted by Crippen LogP contribution is -2.39. The van der Waals surface area contributed by atoms with Crippen molar-refractivity contribution >= 4 is 28.3 Å². The lowest BCUT2D eigenvalue weighted by molar-refractivity contribution is -0.134. The number of benzene rings is 1. The lowest BCUT2D eigenvalue weighted by atomic mass is 10.1. The Balaban J connectivity index is 1.97. The van der Waals surface area contributed by atoms with Crippen LogP contribution in [-0.4, -0.2) is 41.9 Å². The Hall–Kier alpha value is -2.41. The Morgan fingerprint density at radius 3 is 2.56 bits per heavy atom. The van der Waals surface area contributed by atoms with Gasteiger partial charge in [-0.1, -0.05) is 31.9 Å². The van der Waals surface area contributed by atoms with Gasteiger partial charge in [0, 0.05) is 11.9 Å². The topological polar surface area (TPSA) is 71.5 Å². The number of aryl methyl sites for hydroxylation is 1. The number of methoxy groups -OCH3 is 1. The molecule has 1 N–H and O–H groups in total. The second kappa shape index (κ2) is 10.7. The highest BCUT2D eigenvalue weighted by atomic mass is 32.1. The van der Waals surface area contributed by atoms with Crippen LogP contribution in [0.4, 0.5) is 5.13 Å². The van der Waals surface area contributed by atoms with Crippen molar-refractivity contribution in [1.82, 2.24) is 9.88 Å². The number of nitrogens with zero attached hydrogens (tertiary/aromatic N) is 2. The summed E-state index contributed by atoms with van der Waals surface area (Å²) in [7, 11) is 1.61. The van der Waals surface area contributed by atoms with Crippen molar-refractivity contribution in [2.24, 2.45) is 0 Å². The molecule has 0 aliphatic rings. The van der Waals surface area contributed by atoms with Crippen molar-refractivity contribution in [2.45, 2.75) is 39.5 Å². The Morgan fingerprint density at radius 2 is 1.96 bits per heavy atom. The summed E-state index contributed by atoms with van der Waals surface area (Å²) in [5, 5.41) is 5.22. The van der Waals surface area contributed by atoms with Gasteiger partial charge in [-0.25, -0.2) is 4.98 Å². The minimum Gasteiger partial charge on any atom is -0.497 e. The van der Waals surface area contributed by atoms with Crippen molar-refractivity contribution < 1.29 is 14.3 Å². The van der Waals surface area contributed by atoms with Gasteiger partial charge in [-0.2, -0.15) is 0 Å². The summed E-state index contributed by atoms with van der Waals surface area (Å²) >= 11 is 1.38. The van der Waals surface area contributed by atoms with Gasteiger partial charge in [-0.15, -0.1) is 11.3 Å². The third-order valence-electron chi connectivity index (χ3n) is 4.10. The molecule has 0 spiro atoms. The molecule has 0 aliphatic carbocycles. The number of carbonyl (C=O) groups is 2. The summed E-state index contributed by atoms with van der Waals surface area (Å²) in [6.07, 6.45) is 3.24. The van der Waals surface area contributed by atoms with Crippen LogP contribution in [0.1, 0.15) is 37.4 Å². The van der Waals surface area contributed by atoms with Crippen molar-refractivity contribution in [1.29, 1.82) is 0 Å². The number of amides is 2. The monoisotopic (exact) mass is 389 g/mol. The van der Waals surface area contributed by atoms with Gasteiger partial charge >= 0.3 is 0 Å². The molecule has 0 saturated heterocycles. The largest absolute Gasteiger partial charge is 0.497 e. The number of nitrogens with one attached hydrogen (secondary N) is 1. The third kappa shape index (κ3) is 7.02. The highest BCUT2D eigenvalue weighted by molar-refractivity contribution is 7.13. The highest BCUT2D eigenvalue weighted by Gasteiger charge is 2.18. The molecule has 0 bridgehead atoms. The van der Waals surface area contributed by atoms with E-state index in [1.165, 1.54) is 11.3 Å². The summed E-state index contributed by atoms with van der Waals surface area (Å²) in [5.74, 6) is 0.481. The van der Waals surface area contributed by atoms with E-state index in [4.69, 9.17) is 4.74 Å². The molecular weight excluding hydrogens is 362 g/mol. The molecule has 6 nitrogen and oxygen atoms in total. The average molecular weight is 390 g/mol. The van der Waals surface area contributed by atoms with Crippen LogP contribution in [0.25, 0.3) is 0 Å². The van der Waals surface area contributed by atoms with Crippen LogP contribution >= 0.6 is 11.3 Å². The maximum absolute atomic E-state index is 12.8. The van der Waals surface area contributed by atoms with E-state index in [0.717, 1.165) is 36.3 Å². The quantitative estimate of drug-likeness (QED) is 0.630. The van der Waals surface area contributed by atoms with Crippen LogP contribution < -0.4 is 10.1 Å². The standard InChI is InChI=1S/C20H27N3O3S/c1-4-5-6-11-23(13-18(24)22-20-21-15(2)14-27-20)19(25)12-16-7-9-17(26-3)10-8-16/h7-10,14H,4-6,11-13H2,1-3H3,(H,21,22,24). The lowest BCUT2D eigenvalue weighted by Gasteiger charge is -2.22. The number of carbonyl (C=O) groups excluding carboxylic acids is 2. The zero-order valence-electron chi connectivity index (χ0n) is 16.2. The van der Waals surface area contributed by atoms with Gasteiger partial charge in [0.1, 0.15) is 5.75 Å². The Kier molecular flexibility index (Phi) is 8.26. The minimum absolute atomic E-state index is 0.0390. The van der Waals surface area contributed by atoms with E-state index >= 15 is 0 Å². The summed E-state index contributed by atoms with van der Waals surface area (Å²) in [6, 6.07) is 7.42. The zero-order chi connectivity index (χ0) is 19.6. The first kappa shape index (κ1) is 20.9. The maximum Gasteiger partial charge on any atom is 0.245 e. The average Bonchev–Trinajstić information content (AvgIpc) is 3.06. The van der Waals surface area contributed by atoms with E-state index in [1.54, 1.807) is 12.0 Å². The molecular formula is C20H27N3O3S. The molecule has 146 valence electrons. The molecule has 1 aromatic heterocycles. The van der Waals surface area contributed by atoms with Gasteiger partial charge < -0.3 is 15.0 Å². The molecule has 2 aromatic rings. The molecule has 0 fully saturated rings. The smallest absolute Gasteiger partial charge is 0.245 e. The van der Waals surface area contributed by atoms with E-state index in [2.05, 4.69) is 17.2 Å². The van der Waals surface area contributed by atoms with E-state index < -0.39 is 0 Å². The molecule has 27 heavy (non-hydrogen) atoms. The second-order valence-electron chi connectivity index (χ2n) is 6.39. The van der Waals surface area contributed by atoms with Crippen molar-refractivity contribution in [3.63, 3.8) is 0 Å². The molecule has 0 atom stereocenters. The Bertz CT molecular complexity index is 743. The van der Waals surface area contributed by atoms with E-state index in [0.29, 0.717) is 11.7 Å². The molecule has 0 radical (unpaired) electrons. The molecule has 1 aromatic carbocycles. The number of hydrogen-bond acceptors (Lipinski definition) is 5.